The number of ether oxygens (including phenoxy) is 2. The van der Waals surface area contributed by atoms with Crippen molar-refractivity contribution in [2.45, 2.75) is 20.0 Å². The molecule has 3 rings (SSSR count). The minimum atomic E-state index is -3.00. The summed E-state index contributed by atoms with van der Waals surface area (Å²) in [6.45, 7) is -1.23. The molecule has 0 radical (unpaired) electrons. The number of nitrogens with one attached hydrogen (secondary N) is 1. The summed E-state index contributed by atoms with van der Waals surface area (Å²) in [6.07, 6.45) is 0.633. The van der Waals surface area contributed by atoms with E-state index in [1.807, 2.05) is 30.3 Å². The molecule has 146 valence electrons. The molecule has 1 amide bonds. The molecule has 1 heterocycles. The van der Waals surface area contributed by atoms with Gasteiger partial charge in [0.05, 0.1) is 17.8 Å². The molecule has 28 heavy (non-hydrogen) atoms. The van der Waals surface area contributed by atoms with Crippen LogP contribution in [-0.2, 0) is 6.42 Å². The summed E-state index contributed by atoms with van der Waals surface area (Å²) in [5.74, 6) is -0.360. The number of amides is 1. The fourth-order valence-corrected chi connectivity index (χ4v) is 3.63. The Bertz CT molecular complexity index is 961. The van der Waals surface area contributed by atoms with Crippen LogP contribution in [0.1, 0.15) is 25.9 Å². The summed E-state index contributed by atoms with van der Waals surface area (Å²) in [7, 11) is 1.35. The van der Waals surface area contributed by atoms with Gasteiger partial charge in [-0.05, 0) is 24.6 Å². The van der Waals surface area contributed by atoms with Gasteiger partial charge in [-0.15, -0.1) is 11.3 Å². The van der Waals surface area contributed by atoms with Crippen LogP contribution in [0.15, 0.2) is 48.5 Å². The second-order valence-electron chi connectivity index (χ2n) is 5.88. The zero-order chi connectivity index (χ0) is 20.1. The van der Waals surface area contributed by atoms with Gasteiger partial charge in [0.15, 0.2) is 11.5 Å². The topological polar surface area (TPSA) is 60.5 Å². The molecule has 0 saturated heterocycles. The summed E-state index contributed by atoms with van der Waals surface area (Å²) in [6, 6.07) is 14.1. The highest BCUT2D eigenvalue weighted by Gasteiger charge is 2.17. The molecular formula is C20H18F2N2O3S. The third kappa shape index (κ3) is 4.83. The molecule has 0 fully saturated rings. The highest BCUT2D eigenvalue weighted by atomic mass is 32.1. The van der Waals surface area contributed by atoms with E-state index in [0.29, 0.717) is 22.7 Å². The molecule has 0 aliphatic carbocycles. The van der Waals surface area contributed by atoms with E-state index in [9.17, 15) is 13.6 Å². The van der Waals surface area contributed by atoms with Gasteiger partial charge in [-0.2, -0.15) is 8.78 Å². The lowest BCUT2D eigenvalue weighted by molar-refractivity contribution is -0.0511. The average Bonchev–Trinajstić information content (AvgIpc) is 3.02. The Kier molecular flexibility index (Phi) is 6.20. The molecule has 1 aromatic heterocycles. The lowest BCUT2D eigenvalue weighted by Crippen LogP contribution is -2.12. The molecule has 0 atom stereocenters. The van der Waals surface area contributed by atoms with E-state index >= 15 is 0 Å². The maximum Gasteiger partial charge on any atom is 0.387 e. The maximum atomic E-state index is 12.6. The Morgan fingerprint density at radius 1 is 1.18 bits per heavy atom. The van der Waals surface area contributed by atoms with E-state index < -0.39 is 6.61 Å². The number of nitrogens with zero attached hydrogens (tertiary/aromatic N) is 1. The van der Waals surface area contributed by atoms with Gasteiger partial charge in [0.2, 0.25) is 0 Å². The predicted molar refractivity (Wildman–Crippen MR) is 104 cm³/mol. The molecule has 0 saturated carbocycles. The first kappa shape index (κ1) is 19.8. The number of carbonyl (C=O) groups is 1. The molecule has 0 unspecified atom stereocenters. The minimum absolute atomic E-state index is 0.150. The zero-order valence-electron chi connectivity index (χ0n) is 15.2. The highest BCUT2D eigenvalue weighted by molar-refractivity contribution is 7.14. The van der Waals surface area contributed by atoms with Crippen molar-refractivity contribution in [1.29, 1.82) is 0 Å². The number of aryl methyl sites for hydroxylation is 1. The highest BCUT2D eigenvalue weighted by Crippen LogP contribution is 2.32. The van der Waals surface area contributed by atoms with Crippen LogP contribution in [-0.4, -0.2) is 24.6 Å². The smallest absolute Gasteiger partial charge is 0.387 e. The minimum Gasteiger partial charge on any atom is -0.493 e. The van der Waals surface area contributed by atoms with Crippen molar-refractivity contribution in [2.75, 3.05) is 12.4 Å². The van der Waals surface area contributed by atoms with Crippen LogP contribution in [0.25, 0.3) is 0 Å². The second kappa shape index (κ2) is 8.79. The lowest BCUT2D eigenvalue weighted by Gasteiger charge is -2.12. The molecule has 5 nitrogen and oxygen atoms in total. The Morgan fingerprint density at radius 2 is 1.93 bits per heavy atom. The summed E-state index contributed by atoms with van der Waals surface area (Å²) in [5, 5.41) is 3.52. The van der Waals surface area contributed by atoms with E-state index in [-0.39, 0.29) is 17.4 Å². The first-order valence-electron chi connectivity index (χ1n) is 8.40. The summed E-state index contributed by atoms with van der Waals surface area (Å²) >= 11 is 1.31. The van der Waals surface area contributed by atoms with Crippen LogP contribution in [0.5, 0.6) is 11.5 Å². The molecule has 3 aromatic rings. The van der Waals surface area contributed by atoms with Gasteiger partial charge in [0, 0.05) is 18.2 Å². The third-order valence-electron chi connectivity index (χ3n) is 3.88. The first-order chi connectivity index (χ1) is 13.5. The number of anilines is 1. The van der Waals surface area contributed by atoms with Crippen LogP contribution >= 0.6 is 11.3 Å². The quantitative estimate of drug-likeness (QED) is 0.608. The van der Waals surface area contributed by atoms with E-state index in [1.165, 1.54) is 30.6 Å². The van der Waals surface area contributed by atoms with Gasteiger partial charge < -0.3 is 14.8 Å². The van der Waals surface area contributed by atoms with Crippen molar-refractivity contribution in [2.24, 2.45) is 0 Å². The van der Waals surface area contributed by atoms with Gasteiger partial charge in [-0.25, -0.2) is 4.98 Å². The summed E-state index contributed by atoms with van der Waals surface area (Å²) in [5.41, 5.74) is 2.04. The number of carbonyl (C=O) groups excluding carboxylic acids is 1. The monoisotopic (exact) mass is 404 g/mol. The number of halogens is 2. The average molecular weight is 404 g/mol. The largest absolute Gasteiger partial charge is 0.493 e. The van der Waals surface area contributed by atoms with Crippen molar-refractivity contribution in [3.8, 4) is 11.5 Å². The van der Waals surface area contributed by atoms with Crippen LogP contribution < -0.4 is 14.8 Å². The lowest BCUT2D eigenvalue weighted by atomic mass is 10.2. The first-order valence-corrected chi connectivity index (χ1v) is 9.22. The number of hydrogen-bond donors (Lipinski definition) is 1. The number of hydrogen-bond acceptors (Lipinski definition) is 5. The molecule has 0 spiro atoms. The fraction of sp³-hybridized carbons (Fsp3) is 0.200. The van der Waals surface area contributed by atoms with Gasteiger partial charge in [-0.1, -0.05) is 30.3 Å². The van der Waals surface area contributed by atoms with Gasteiger partial charge in [-0.3, -0.25) is 4.79 Å². The third-order valence-corrected chi connectivity index (χ3v) is 5.04. The molecule has 1 N–H and O–H groups in total. The molecule has 0 aliphatic rings. The Hall–Kier alpha value is -3.00. The second-order valence-corrected chi connectivity index (χ2v) is 6.97. The predicted octanol–water partition coefficient (Wildman–Crippen LogP) is 4.90. The van der Waals surface area contributed by atoms with E-state index in [1.54, 1.807) is 13.0 Å². The van der Waals surface area contributed by atoms with E-state index in [2.05, 4.69) is 15.0 Å². The summed E-state index contributed by atoms with van der Waals surface area (Å²) < 4.78 is 34.5. The fourth-order valence-electron chi connectivity index (χ4n) is 2.64. The molecule has 8 heteroatoms. The van der Waals surface area contributed by atoms with Crippen molar-refractivity contribution < 1.29 is 23.0 Å². The Labute approximate surface area is 164 Å². The number of alkyl halides is 2. The SMILES string of the molecule is COc1ccc(NC(=O)c2sc(Cc3ccccc3)nc2C)cc1OC(F)F. The van der Waals surface area contributed by atoms with Crippen LogP contribution in [0.4, 0.5) is 14.5 Å². The van der Waals surface area contributed by atoms with Gasteiger partial charge in [0.25, 0.3) is 5.91 Å². The van der Waals surface area contributed by atoms with Gasteiger partial charge >= 0.3 is 6.61 Å². The van der Waals surface area contributed by atoms with Gasteiger partial charge in [0.1, 0.15) is 4.88 Å². The number of aromatic nitrogens is 1. The number of rotatable bonds is 7. The van der Waals surface area contributed by atoms with Crippen LogP contribution in [0, 0.1) is 6.92 Å². The Balaban J connectivity index is 1.76. The van der Waals surface area contributed by atoms with E-state index in [0.717, 1.165) is 10.6 Å². The molecule has 0 bridgehead atoms. The number of methoxy groups -OCH3 is 1. The molecule has 0 aliphatic heterocycles. The standard InChI is InChI=1S/C20H18F2N2O3S/c1-12-18(28-17(23-12)10-13-6-4-3-5-7-13)19(25)24-14-8-9-15(26-2)16(11-14)27-20(21)22/h3-9,11,20H,10H2,1-2H3,(H,24,25). The van der Waals surface area contributed by atoms with Crippen molar-refractivity contribution >= 4 is 22.9 Å². The van der Waals surface area contributed by atoms with Crippen LogP contribution in [0.3, 0.4) is 0 Å². The van der Waals surface area contributed by atoms with Crippen molar-refractivity contribution in [3.63, 3.8) is 0 Å². The Morgan fingerprint density at radius 3 is 2.61 bits per heavy atom. The van der Waals surface area contributed by atoms with Crippen molar-refractivity contribution in [1.82, 2.24) is 4.98 Å². The molecule has 2 aromatic carbocycles. The zero-order valence-corrected chi connectivity index (χ0v) is 16.1. The normalized spacial score (nSPS) is 10.8. The summed E-state index contributed by atoms with van der Waals surface area (Å²) in [4.78, 5) is 17.6. The molecular weight excluding hydrogens is 386 g/mol. The van der Waals surface area contributed by atoms with E-state index in [4.69, 9.17) is 4.74 Å². The van der Waals surface area contributed by atoms with Crippen molar-refractivity contribution in [3.05, 3.63) is 69.7 Å². The maximum absolute atomic E-state index is 12.6. The number of thiazole rings is 1. The van der Waals surface area contributed by atoms with Crippen LogP contribution in [0.2, 0.25) is 0 Å². The number of benzene rings is 2.